The molecule has 0 saturated carbocycles. The molecule has 4 rings (SSSR count). The predicted octanol–water partition coefficient (Wildman–Crippen LogP) is 4.38. The second kappa shape index (κ2) is 8.45. The van der Waals surface area contributed by atoms with Crippen molar-refractivity contribution in [3.05, 3.63) is 90.0 Å². The molecule has 0 aliphatic rings. The highest BCUT2D eigenvalue weighted by atomic mass is 16.5. The first-order valence-electron chi connectivity index (χ1n) is 9.31. The Bertz CT molecular complexity index is 1240. The average molecular weight is 397 g/mol. The van der Waals surface area contributed by atoms with E-state index >= 15 is 0 Å². The van der Waals surface area contributed by atoms with Crippen molar-refractivity contribution in [1.82, 2.24) is 10.4 Å². The highest BCUT2D eigenvalue weighted by Gasteiger charge is 2.13. The molecule has 2 N–H and O–H groups in total. The van der Waals surface area contributed by atoms with Crippen molar-refractivity contribution < 1.29 is 14.6 Å². The third kappa shape index (κ3) is 3.98. The highest BCUT2D eigenvalue weighted by molar-refractivity contribution is 6.07. The minimum absolute atomic E-state index is 0.0366. The second-order valence-corrected chi connectivity index (χ2v) is 6.56. The Balaban J connectivity index is 1.66. The standard InChI is InChI=1S/C24H19N3O3/c1-30-18-11-12-23(28)17(13-18)15-25-27-24(29)20-14-22(16-7-3-2-4-8-16)26-21-10-6-5-9-19(20)21/h2-15,28H,1H3,(H,27,29)/b25-15+. The summed E-state index contributed by atoms with van der Waals surface area (Å²) in [6, 6.07) is 23.7. The van der Waals surface area contributed by atoms with E-state index in [0.717, 1.165) is 16.5 Å². The summed E-state index contributed by atoms with van der Waals surface area (Å²) in [5.41, 5.74) is 5.77. The number of methoxy groups -OCH3 is 1. The van der Waals surface area contributed by atoms with Gasteiger partial charge < -0.3 is 9.84 Å². The van der Waals surface area contributed by atoms with Gasteiger partial charge in [-0.25, -0.2) is 10.4 Å². The number of aromatic nitrogens is 1. The Kier molecular flexibility index (Phi) is 5.39. The molecule has 0 bridgehead atoms. The van der Waals surface area contributed by atoms with Crippen molar-refractivity contribution in [2.24, 2.45) is 5.10 Å². The van der Waals surface area contributed by atoms with Crippen LogP contribution in [0, 0.1) is 0 Å². The van der Waals surface area contributed by atoms with E-state index in [1.807, 2.05) is 54.6 Å². The molecule has 30 heavy (non-hydrogen) atoms. The Morgan fingerprint density at radius 1 is 1.03 bits per heavy atom. The number of aromatic hydroxyl groups is 1. The van der Waals surface area contributed by atoms with Crippen molar-refractivity contribution in [3.63, 3.8) is 0 Å². The minimum atomic E-state index is -0.371. The number of carbonyl (C=O) groups is 1. The zero-order valence-corrected chi connectivity index (χ0v) is 16.2. The molecule has 1 aromatic heterocycles. The Hall–Kier alpha value is -4.19. The first-order chi connectivity index (χ1) is 14.7. The molecule has 4 aromatic rings. The van der Waals surface area contributed by atoms with Crippen LogP contribution in [0.25, 0.3) is 22.2 Å². The quantitative estimate of drug-likeness (QED) is 0.387. The van der Waals surface area contributed by atoms with Crippen molar-refractivity contribution >= 4 is 23.0 Å². The largest absolute Gasteiger partial charge is 0.507 e. The summed E-state index contributed by atoms with van der Waals surface area (Å²) < 4.78 is 5.14. The number of benzene rings is 3. The Morgan fingerprint density at radius 2 is 1.80 bits per heavy atom. The second-order valence-electron chi connectivity index (χ2n) is 6.56. The zero-order chi connectivity index (χ0) is 20.9. The van der Waals surface area contributed by atoms with Crippen LogP contribution < -0.4 is 10.2 Å². The zero-order valence-electron chi connectivity index (χ0n) is 16.2. The van der Waals surface area contributed by atoms with Crippen LogP contribution in [0.5, 0.6) is 11.5 Å². The molecule has 148 valence electrons. The number of phenolic OH excluding ortho intramolecular Hbond substituents is 1. The number of para-hydroxylation sites is 1. The number of rotatable bonds is 5. The first kappa shape index (κ1) is 19.1. The van der Waals surface area contributed by atoms with E-state index in [9.17, 15) is 9.90 Å². The number of hydrogen-bond acceptors (Lipinski definition) is 5. The molecule has 0 aliphatic carbocycles. The molecular formula is C24H19N3O3. The van der Waals surface area contributed by atoms with Gasteiger partial charge in [-0.05, 0) is 30.3 Å². The lowest BCUT2D eigenvalue weighted by molar-refractivity contribution is 0.0956. The van der Waals surface area contributed by atoms with Gasteiger partial charge >= 0.3 is 0 Å². The van der Waals surface area contributed by atoms with E-state index < -0.39 is 0 Å². The topological polar surface area (TPSA) is 83.8 Å². The van der Waals surface area contributed by atoms with Gasteiger partial charge in [-0.15, -0.1) is 0 Å². The van der Waals surface area contributed by atoms with E-state index in [1.165, 1.54) is 19.4 Å². The number of amides is 1. The molecule has 0 unspecified atom stereocenters. The number of nitrogens with one attached hydrogen (secondary N) is 1. The van der Waals surface area contributed by atoms with Crippen molar-refractivity contribution in [2.45, 2.75) is 0 Å². The SMILES string of the molecule is COc1ccc(O)c(/C=N/NC(=O)c2cc(-c3ccccc3)nc3ccccc23)c1. The van der Waals surface area contributed by atoms with E-state index in [4.69, 9.17) is 4.74 Å². The van der Waals surface area contributed by atoms with Crippen LogP contribution in [-0.4, -0.2) is 29.3 Å². The molecule has 0 radical (unpaired) electrons. The molecule has 0 saturated heterocycles. The van der Waals surface area contributed by atoms with Gasteiger partial charge in [-0.1, -0.05) is 48.5 Å². The van der Waals surface area contributed by atoms with Crippen LogP contribution in [0.15, 0.2) is 84.0 Å². The summed E-state index contributed by atoms with van der Waals surface area (Å²) in [5, 5.41) is 14.7. The maximum Gasteiger partial charge on any atom is 0.272 e. The third-order valence-corrected chi connectivity index (χ3v) is 4.63. The van der Waals surface area contributed by atoms with Crippen molar-refractivity contribution in [3.8, 4) is 22.8 Å². The van der Waals surface area contributed by atoms with Gasteiger partial charge in [0.25, 0.3) is 5.91 Å². The van der Waals surface area contributed by atoms with E-state index in [-0.39, 0.29) is 11.7 Å². The number of hydrogen-bond donors (Lipinski definition) is 2. The fourth-order valence-corrected chi connectivity index (χ4v) is 3.10. The first-order valence-corrected chi connectivity index (χ1v) is 9.31. The van der Waals surface area contributed by atoms with E-state index in [2.05, 4.69) is 15.5 Å². The van der Waals surface area contributed by atoms with Crippen LogP contribution in [0.2, 0.25) is 0 Å². The molecular weight excluding hydrogens is 378 g/mol. The van der Waals surface area contributed by atoms with Gasteiger partial charge in [-0.2, -0.15) is 5.10 Å². The fraction of sp³-hybridized carbons (Fsp3) is 0.0417. The number of fused-ring (bicyclic) bond motifs is 1. The average Bonchev–Trinajstić information content (AvgIpc) is 2.80. The molecule has 3 aromatic carbocycles. The van der Waals surface area contributed by atoms with Crippen molar-refractivity contribution in [2.75, 3.05) is 7.11 Å². The lowest BCUT2D eigenvalue weighted by Crippen LogP contribution is -2.18. The number of phenols is 1. The molecule has 0 atom stereocenters. The normalized spacial score (nSPS) is 11.0. The Morgan fingerprint density at radius 3 is 2.60 bits per heavy atom. The van der Waals surface area contributed by atoms with Gasteiger partial charge in [-0.3, -0.25) is 4.79 Å². The number of ether oxygens (including phenoxy) is 1. The number of nitrogens with zero attached hydrogens (tertiary/aromatic N) is 2. The maximum atomic E-state index is 12.9. The number of pyridine rings is 1. The number of carbonyl (C=O) groups excluding carboxylic acids is 1. The molecule has 1 amide bonds. The molecule has 0 fully saturated rings. The third-order valence-electron chi connectivity index (χ3n) is 4.63. The van der Waals surface area contributed by atoms with E-state index in [1.54, 1.807) is 18.2 Å². The predicted molar refractivity (Wildman–Crippen MR) is 117 cm³/mol. The van der Waals surface area contributed by atoms with Gasteiger partial charge in [0.15, 0.2) is 0 Å². The molecule has 6 heteroatoms. The van der Waals surface area contributed by atoms with Crippen LogP contribution in [-0.2, 0) is 0 Å². The smallest absolute Gasteiger partial charge is 0.272 e. The molecule has 0 spiro atoms. The summed E-state index contributed by atoms with van der Waals surface area (Å²) in [6.45, 7) is 0. The number of hydrazone groups is 1. The summed E-state index contributed by atoms with van der Waals surface area (Å²) >= 11 is 0. The molecule has 1 heterocycles. The van der Waals surface area contributed by atoms with Gasteiger partial charge in [0, 0.05) is 16.5 Å². The summed E-state index contributed by atoms with van der Waals surface area (Å²) in [4.78, 5) is 17.6. The molecule has 6 nitrogen and oxygen atoms in total. The lowest BCUT2D eigenvalue weighted by atomic mass is 10.0. The van der Waals surface area contributed by atoms with E-state index in [0.29, 0.717) is 22.6 Å². The highest BCUT2D eigenvalue weighted by Crippen LogP contribution is 2.25. The van der Waals surface area contributed by atoms with Crippen LogP contribution >= 0.6 is 0 Å². The Labute approximate surface area is 173 Å². The molecule has 0 aliphatic heterocycles. The maximum absolute atomic E-state index is 12.9. The minimum Gasteiger partial charge on any atom is -0.507 e. The lowest BCUT2D eigenvalue weighted by Gasteiger charge is -2.09. The van der Waals surface area contributed by atoms with Crippen molar-refractivity contribution in [1.29, 1.82) is 0 Å². The van der Waals surface area contributed by atoms with Crippen LogP contribution in [0.4, 0.5) is 0 Å². The van der Waals surface area contributed by atoms with Gasteiger partial charge in [0.1, 0.15) is 11.5 Å². The van der Waals surface area contributed by atoms with Crippen LogP contribution in [0.3, 0.4) is 0 Å². The summed E-state index contributed by atoms with van der Waals surface area (Å²) in [5.74, 6) is 0.243. The summed E-state index contributed by atoms with van der Waals surface area (Å²) in [7, 11) is 1.54. The van der Waals surface area contributed by atoms with Gasteiger partial charge in [0.05, 0.1) is 30.1 Å². The summed E-state index contributed by atoms with van der Waals surface area (Å²) in [6.07, 6.45) is 1.37. The monoisotopic (exact) mass is 397 g/mol. The van der Waals surface area contributed by atoms with Crippen LogP contribution in [0.1, 0.15) is 15.9 Å². The fourth-order valence-electron chi connectivity index (χ4n) is 3.10. The van der Waals surface area contributed by atoms with Gasteiger partial charge in [0.2, 0.25) is 0 Å².